The highest BCUT2D eigenvalue weighted by Crippen LogP contribution is 2.21. The largest absolute Gasteiger partial charge is 0.342 e. The maximum Gasteiger partial charge on any atom is 0.144 e. The first-order valence-corrected chi connectivity index (χ1v) is 4.92. The van der Waals surface area contributed by atoms with Crippen molar-refractivity contribution < 1.29 is 4.39 Å². The summed E-state index contributed by atoms with van der Waals surface area (Å²) >= 11 is 5.65. The zero-order chi connectivity index (χ0) is 10.1. The van der Waals surface area contributed by atoms with Gasteiger partial charge in [0, 0.05) is 12.5 Å². The second-order valence-electron chi connectivity index (χ2n) is 3.22. The number of benzene rings is 1. The van der Waals surface area contributed by atoms with E-state index in [1.807, 2.05) is 0 Å². The van der Waals surface area contributed by atoms with Gasteiger partial charge in [-0.1, -0.05) is 18.5 Å². The van der Waals surface area contributed by atoms with Gasteiger partial charge in [0.05, 0.1) is 16.1 Å². The van der Waals surface area contributed by atoms with Crippen LogP contribution in [0.15, 0.2) is 12.1 Å². The Bertz CT molecular complexity index is 425. The van der Waals surface area contributed by atoms with Gasteiger partial charge in [0.15, 0.2) is 0 Å². The molecule has 0 unspecified atom stereocenters. The van der Waals surface area contributed by atoms with Gasteiger partial charge in [-0.15, -0.1) is 0 Å². The number of aromatic nitrogens is 2. The Morgan fingerprint density at radius 3 is 3.00 bits per heavy atom. The molecular formula is C10H10ClFN2. The summed E-state index contributed by atoms with van der Waals surface area (Å²) in [6, 6.07) is 2.92. The van der Waals surface area contributed by atoms with Crippen LogP contribution < -0.4 is 0 Å². The molecule has 0 amide bonds. The Labute approximate surface area is 86.1 Å². The molecule has 4 heteroatoms. The van der Waals surface area contributed by atoms with Gasteiger partial charge in [0.1, 0.15) is 11.6 Å². The van der Waals surface area contributed by atoms with Crippen molar-refractivity contribution in [3.63, 3.8) is 0 Å². The molecule has 0 atom stereocenters. The van der Waals surface area contributed by atoms with Crippen molar-refractivity contribution in [2.45, 2.75) is 19.8 Å². The number of hydrogen-bond acceptors (Lipinski definition) is 1. The lowest BCUT2D eigenvalue weighted by molar-refractivity contribution is 0.630. The van der Waals surface area contributed by atoms with Gasteiger partial charge in [-0.3, -0.25) is 0 Å². The summed E-state index contributed by atoms with van der Waals surface area (Å²) < 4.78 is 13.1. The monoisotopic (exact) mass is 212 g/mol. The normalized spacial score (nSPS) is 11.1. The van der Waals surface area contributed by atoms with Gasteiger partial charge < -0.3 is 4.98 Å². The quantitative estimate of drug-likeness (QED) is 0.813. The lowest BCUT2D eigenvalue weighted by Gasteiger charge is -1.91. The van der Waals surface area contributed by atoms with Crippen LogP contribution in [0.1, 0.15) is 19.2 Å². The number of halogens is 2. The molecule has 0 aliphatic rings. The molecule has 2 rings (SSSR count). The zero-order valence-corrected chi connectivity index (χ0v) is 8.53. The number of fused-ring (bicyclic) bond motifs is 1. The number of imidazole rings is 1. The molecule has 1 aromatic carbocycles. The molecule has 1 aromatic heterocycles. The fraction of sp³-hybridized carbons (Fsp3) is 0.300. The van der Waals surface area contributed by atoms with Gasteiger partial charge in [-0.05, 0) is 12.5 Å². The Morgan fingerprint density at radius 1 is 1.50 bits per heavy atom. The van der Waals surface area contributed by atoms with E-state index in [9.17, 15) is 4.39 Å². The van der Waals surface area contributed by atoms with E-state index in [0.717, 1.165) is 24.2 Å². The lowest BCUT2D eigenvalue weighted by atomic mass is 10.3. The third-order valence-electron chi connectivity index (χ3n) is 2.06. The molecule has 14 heavy (non-hydrogen) atoms. The molecule has 0 spiro atoms. The summed E-state index contributed by atoms with van der Waals surface area (Å²) in [7, 11) is 0. The van der Waals surface area contributed by atoms with Crippen LogP contribution in [-0.4, -0.2) is 9.97 Å². The molecule has 0 aliphatic carbocycles. The van der Waals surface area contributed by atoms with E-state index in [4.69, 9.17) is 11.6 Å². The van der Waals surface area contributed by atoms with Crippen molar-refractivity contribution in [2.24, 2.45) is 0 Å². The predicted molar refractivity (Wildman–Crippen MR) is 55.1 cm³/mol. The van der Waals surface area contributed by atoms with Gasteiger partial charge in [0.2, 0.25) is 0 Å². The second-order valence-corrected chi connectivity index (χ2v) is 3.62. The van der Waals surface area contributed by atoms with Crippen LogP contribution in [-0.2, 0) is 6.42 Å². The van der Waals surface area contributed by atoms with E-state index in [2.05, 4.69) is 16.9 Å². The Balaban J connectivity index is 2.54. The number of hydrogen-bond donors (Lipinski definition) is 1. The number of nitrogens with zero attached hydrogens (tertiary/aromatic N) is 1. The highest BCUT2D eigenvalue weighted by molar-refractivity contribution is 6.31. The van der Waals surface area contributed by atoms with Crippen molar-refractivity contribution in [3.05, 3.63) is 28.8 Å². The number of rotatable bonds is 2. The molecule has 74 valence electrons. The SMILES string of the molecule is CCCc1nc2cc(Cl)c(F)cc2[nH]1. The minimum atomic E-state index is -0.411. The first-order valence-electron chi connectivity index (χ1n) is 4.54. The molecule has 2 nitrogen and oxygen atoms in total. The minimum absolute atomic E-state index is 0.118. The van der Waals surface area contributed by atoms with E-state index >= 15 is 0 Å². The summed E-state index contributed by atoms with van der Waals surface area (Å²) in [4.78, 5) is 7.35. The molecule has 0 bridgehead atoms. The van der Waals surface area contributed by atoms with Crippen LogP contribution in [0.3, 0.4) is 0 Å². The smallest absolute Gasteiger partial charge is 0.144 e. The zero-order valence-electron chi connectivity index (χ0n) is 7.77. The van der Waals surface area contributed by atoms with E-state index in [-0.39, 0.29) is 5.02 Å². The Morgan fingerprint density at radius 2 is 2.29 bits per heavy atom. The summed E-state index contributed by atoms with van der Waals surface area (Å²) in [5, 5.41) is 0.118. The molecule has 0 saturated heterocycles. The van der Waals surface area contributed by atoms with Crippen molar-refractivity contribution in [3.8, 4) is 0 Å². The van der Waals surface area contributed by atoms with Crippen LogP contribution in [0.2, 0.25) is 5.02 Å². The summed E-state index contributed by atoms with van der Waals surface area (Å²) in [5.74, 6) is 0.468. The number of nitrogens with one attached hydrogen (secondary N) is 1. The van der Waals surface area contributed by atoms with Crippen LogP contribution in [0.4, 0.5) is 4.39 Å². The van der Waals surface area contributed by atoms with Crippen LogP contribution in [0, 0.1) is 5.82 Å². The molecule has 0 radical (unpaired) electrons. The van der Waals surface area contributed by atoms with Gasteiger partial charge in [-0.2, -0.15) is 0 Å². The second kappa shape index (κ2) is 3.58. The van der Waals surface area contributed by atoms with Crippen LogP contribution in [0.5, 0.6) is 0 Å². The standard InChI is InChI=1S/C10H10ClFN2/c1-2-3-10-13-8-4-6(11)7(12)5-9(8)14-10/h4-5H,2-3H2,1H3,(H,13,14). The van der Waals surface area contributed by atoms with E-state index in [1.165, 1.54) is 6.07 Å². The molecule has 0 fully saturated rings. The number of aryl methyl sites for hydroxylation is 1. The Kier molecular flexibility index (Phi) is 2.42. The maximum absolute atomic E-state index is 13.1. The topological polar surface area (TPSA) is 28.7 Å². The fourth-order valence-electron chi connectivity index (χ4n) is 1.41. The third-order valence-corrected chi connectivity index (χ3v) is 2.35. The fourth-order valence-corrected chi connectivity index (χ4v) is 1.57. The highest BCUT2D eigenvalue weighted by atomic mass is 35.5. The molecular weight excluding hydrogens is 203 g/mol. The predicted octanol–water partition coefficient (Wildman–Crippen LogP) is 3.31. The average molecular weight is 213 g/mol. The summed E-state index contributed by atoms with van der Waals surface area (Å²) in [6.07, 6.45) is 1.88. The molecule has 2 aromatic rings. The summed E-state index contributed by atoms with van der Waals surface area (Å²) in [5.41, 5.74) is 1.43. The summed E-state index contributed by atoms with van der Waals surface area (Å²) in [6.45, 7) is 2.07. The number of aromatic amines is 1. The van der Waals surface area contributed by atoms with Crippen molar-refractivity contribution in [1.82, 2.24) is 9.97 Å². The van der Waals surface area contributed by atoms with Crippen LogP contribution >= 0.6 is 11.6 Å². The third kappa shape index (κ3) is 1.60. The average Bonchev–Trinajstić information content (AvgIpc) is 2.48. The van der Waals surface area contributed by atoms with E-state index in [1.54, 1.807) is 6.07 Å². The van der Waals surface area contributed by atoms with Crippen LogP contribution in [0.25, 0.3) is 11.0 Å². The van der Waals surface area contributed by atoms with Gasteiger partial charge in [-0.25, -0.2) is 9.37 Å². The highest BCUT2D eigenvalue weighted by Gasteiger charge is 2.06. The van der Waals surface area contributed by atoms with E-state index < -0.39 is 5.82 Å². The first kappa shape index (κ1) is 9.46. The molecule has 0 saturated carbocycles. The maximum atomic E-state index is 13.1. The van der Waals surface area contributed by atoms with Crippen molar-refractivity contribution >= 4 is 22.6 Å². The van der Waals surface area contributed by atoms with Crippen molar-refractivity contribution in [2.75, 3.05) is 0 Å². The van der Waals surface area contributed by atoms with Gasteiger partial charge in [0.25, 0.3) is 0 Å². The lowest BCUT2D eigenvalue weighted by Crippen LogP contribution is -1.83. The Hall–Kier alpha value is -1.09. The van der Waals surface area contributed by atoms with E-state index in [0.29, 0.717) is 5.52 Å². The molecule has 1 N–H and O–H groups in total. The molecule has 0 aliphatic heterocycles. The number of H-pyrrole nitrogens is 1. The first-order chi connectivity index (χ1) is 6.70. The minimum Gasteiger partial charge on any atom is -0.342 e. The van der Waals surface area contributed by atoms with Crippen molar-refractivity contribution in [1.29, 1.82) is 0 Å². The van der Waals surface area contributed by atoms with Gasteiger partial charge >= 0.3 is 0 Å². The molecule has 1 heterocycles.